The van der Waals surface area contributed by atoms with E-state index >= 15 is 0 Å². The normalized spacial score (nSPS) is 16.0. The third-order valence-electron chi connectivity index (χ3n) is 3.16. The molecular formula is C13H17NSi. The van der Waals surface area contributed by atoms with Gasteiger partial charge in [0.2, 0.25) is 0 Å². The van der Waals surface area contributed by atoms with Gasteiger partial charge in [0.1, 0.15) is 0 Å². The molecule has 0 aromatic heterocycles. The van der Waals surface area contributed by atoms with Gasteiger partial charge >= 0.3 is 0 Å². The van der Waals surface area contributed by atoms with Gasteiger partial charge in [0, 0.05) is 16.8 Å². The molecule has 2 N–H and O–H groups in total. The van der Waals surface area contributed by atoms with Gasteiger partial charge in [0.25, 0.3) is 0 Å². The number of hydrogen-bond acceptors (Lipinski definition) is 1. The van der Waals surface area contributed by atoms with Gasteiger partial charge in [0.05, 0.1) is 0 Å². The summed E-state index contributed by atoms with van der Waals surface area (Å²) in [6, 6.07) is 8.60. The molecule has 1 aliphatic carbocycles. The van der Waals surface area contributed by atoms with Crippen LogP contribution in [0, 0.1) is 0 Å². The van der Waals surface area contributed by atoms with Crippen LogP contribution in [0.25, 0.3) is 5.57 Å². The molecule has 1 aliphatic rings. The lowest BCUT2D eigenvalue weighted by atomic mass is 10.0. The predicted octanol–water partition coefficient (Wildman–Crippen LogP) is 1.57. The third-order valence-corrected chi connectivity index (χ3v) is 4.32. The van der Waals surface area contributed by atoms with E-state index in [4.69, 9.17) is 5.73 Å². The molecule has 0 bridgehead atoms. The summed E-state index contributed by atoms with van der Waals surface area (Å²) in [5.74, 6) is 0. The Labute approximate surface area is 94.1 Å². The van der Waals surface area contributed by atoms with E-state index in [0.29, 0.717) is 6.54 Å². The Morgan fingerprint density at radius 2 is 1.93 bits per heavy atom. The first-order valence-corrected chi connectivity index (χ1v) is 6.38. The molecule has 1 aromatic carbocycles. The van der Waals surface area contributed by atoms with Crippen molar-refractivity contribution in [1.29, 1.82) is 0 Å². The van der Waals surface area contributed by atoms with Crippen molar-refractivity contribution >= 4 is 15.8 Å². The fourth-order valence-corrected chi connectivity index (χ4v) is 2.42. The number of nitrogens with two attached hydrogens (primary N) is 1. The van der Waals surface area contributed by atoms with E-state index in [1.165, 1.54) is 32.5 Å². The SMILES string of the molecule is CC1=C([SiH3])CC=C1c1ccc(CN)cc1. The van der Waals surface area contributed by atoms with Crippen molar-refractivity contribution < 1.29 is 0 Å². The smallest absolute Gasteiger partial charge is 0.0340 e. The molecule has 0 spiro atoms. The van der Waals surface area contributed by atoms with Crippen LogP contribution in [0.2, 0.25) is 0 Å². The van der Waals surface area contributed by atoms with Crippen LogP contribution in [0.1, 0.15) is 24.5 Å². The van der Waals surface area contributed by atoms with Crippen LogP contribution >= 0.6 is 0 Å². The molecule has 0 unspecified atom stereocenters. The standard InChI is InChI=1S/C13H17NSi/c1-9-12(6-7-13(9)15)11-4-2-10(8-14)3-5-11/h2-6H,7-8,14H2,1,15H3. The number of benzene rings is 1. The molecule has 1 nitrogen and oxygen atoms in total. The first-order chi connectivity index (χ1) is 7.22. The van der Waals surface area contributed by atoms with Crippen molar-refractivity contribution in [2.45, 2.75) is 19.9 Å². The second-order valence-electron chi connectivity index (χ2n) is 4.13. The molecular weight excluding hydrogens is 198 g/mol. The van der Waals surface area contributed by atoms with E-state index < -0.39 is 0 Å². The van der Waals surface area contributed by atoms with Gasteiger partial charge < -0.3 is 5.73 Å². The number of rotatable bonds is 2. The van der Waals surface area contributed by atoms with E-state index in [0.717, 1.165) is 6.42 Å². The highest BCUT2D eigenvalue weighted by atomic mass is 28.1. The maximum absolute atomic E-state index is 5.58. The minimum Gasteiger partial charge on any atom is -0.326 e. The maximum atomic E-state index is 5.58. The fourth-order valence-electron chi connectivity index (χ4n) is 1.95. The second kappa shape index (κ2) is 4.17. The lowest BCUT2D eigenvalue weighted by molar-refractivity contribution is 1.07. The van der Waals surface area contributed by atoms with Crippen molar-refractivity contribution in [3.8, 4) is 0 Å². The highest BCUT2D eigenvalue weighted by Gasteiger charge is 2.11. The summed E-state index contributed by atoms with van der Waals surface area (Å²) in [5.41, 5.74) is 11.0. The zero-order chi connectivity index (χ0) is 10.8. The first-order valence-electron chi connectivity index (χ1n) is 5.38. The highest BCUT2D eigenvalue weighted by Crippen LogP contribution is 2.31. The predicted molar refractivity (Wildman–Crippen MR) is 69.6 cm³/mol. The molecule has 0 fully saturated rings. The molecule has 2 heteroatoms. The second-order valence-corrected chi connectivity index (χ2v) is 5.34. The van der Waals surface area contributed by atoms with E-state index in [1.54, 1.807) is 5.20 Å². The van der Waals surface area contributed by atoms with Crippen LogP contribution in [0.15, 0.2) is 41.1 Å². The monoisotopic (exact) mass is 215 g/mol. The van der Waals surface area contributed by atoms with E-state index in [2.05, 4.69) is 37.3 Å². The highest BCUT2D eigenvalue weighted by molar-refractivity contribution is 6.24. The van der Waals surface area contributed by atoms with Gasteiger partial charge in [-0.3, -0.25) is 0 Å². The van der Waals surface area contributed by atoms with Crippen molar-refractivity contribution in [3.63, 3.8) is 0 Å². The topological polar surface area (TPSA) is 26.0 Å². The van der Waals surface area contributed by atoms with Crippen LogP contribution in [0.3, 0.4) is 0 Å². The van der Waals surface area contributed by atoms with Crippen molar-refractivity contribution in [2.24, 2.45) is 5.73 Å². The quantitative estimate of drug-likeness (QED) is 0.745. The zero-order valence-electron chi connectivity index (χ0n) is 9.38. The Morgan fingerprint density at radius 3 is 2.40 bits per heavy atom. The van der Waals surface area contributed by atoms with E-state index in [9.17, 15) is 0 Å². The molecule has 0 saturated carbocycles. The van der Waals surface area contributed by atoms with Crippen LogP contribution in [-0.2, 0) is 6.54 Å². The molecule has 2 rings (SSSR count). The Balaban J connectivity index is 2.32. The molecule has 0 radical (unpaired) electrons. The number of allylic oxidation sites excluding steroid dienone is 4. The summed E-state index contributed by atoms with van der Waals surface area (Å²) in [4.78, 5) is 0. The molecule has 78 valence electrons. The summed E-state index contributed by atoms with van der Waals surface area (Å²) < 4.78 is 0. The van der Waals surface area contributed by atoms with Crippen LogP contribution in [0.5, 0.6) is 0 Å². The van der Waals surface area contributed by atoms with Gasteiger partial charge in [-0.05, 0) is 35.6 Å². The Hall–Kier alpha value is -1.12. The largest absolute Gasteiger partial charge is 0.326 e. The lowest BCUT2D eigenvalue weighted by Crippen LogP contribution is -1.96. The van der Waals surface area contributed by atoms with Gasteiger partial charge in [-0.25, -0.2) is 0 Å². The Morgan fingerprint density at radius 1 is 1.27 bits per heavy atom. The van der Waals surface area contributed by atoms with Crippen molar-refractivity contribution in [1.82, 2.24) is 0 Å². The average Bonchev–Trinajstić information content (AvgIpc) is 2.60. The molecule has 0 amide bonds. The molecule has 0 heterocycles. The minimum atomic E-state index is 0.625. The average molecular weight is 215 g/mol. The molecule has 0 atom stereocenters. The van der Waals surface area contributed by atoms with Crippen molar-refractivity contribution in [2.75, 3.05) is 0 Å². The van der Waals surface area contributed by atoms with Gasteiger partial charge in [-0.15, -0.1) is 0 Å². The van der Waals surface area contributed by atoms with Crippen LogP contribution in [-0.4, -0.2) is 10.2 Å². The maximum Gasteiger partial charge on any atom is 0.0340 e. The molecule has 0 saturated heterocycles. The van der Waals surface area contributed by atoms with Crippen LogP contribution in [0.4, 0.5) is 0 Å². The summed E-state index contributed by atoms with van der Waals surface area (Å²) >= 11 is 0. The molecule has 0 aliphatic heterocycles. The summed E-state index contributed by atoms with van der Waals surface area (Å²) in [6.07, 6.45) is 3.50. The molecule has 15 heavy (non-hydrogen) atoms. The van der Waals surface area contributed by atoms with Crippen LogP contribution < -0.4 is 5.73 Å². The van der Waals surface area contributed by atoms with E-state index in [-0.39, 0.29) is 0 Å². The zero-order valence-corrected chi connectivity index (χ0v) is 11.4. The fraction of sp³-hybridized carbons (Fsp3) is 0.231. The lowest BCUT2D eigenvalue weighted by Gasteiger charge is -2.06. The summed E-state index contributed by atoms with van der Waals surface area (Å²) in [7, 11) is 1.18. The Kier molecular flexibility index (Phi) is 2.89. The van der Waals surface area contributed by atoms with E-state index in [1.807, 2.05) is 0 Å². The van der Waals surface area contributed by atoms with Gasteiger partial charge in [-0.1, -0.05) is 35.5 Å². The molecule has 1 aromatic rings. The number of hydrogen-bond donors (Lipinski definition) is 1. The third kappa shape index (κ3) is 1.96. The summed E-state index contributed by atoms with van der Waals surface area (Å²) in [6.45, 7) is 2.86. The first kappa shape index (κ1) is 10.4. The minimum absolute atomic E-state index is 0.625. The van der Waals surface area contributed by atoms with Gasteiger partial charge in [0.15, 0.2) is 0 Å². The van der Waals surface area contributed by atoms with Crippen molar-refractivity contribution in [3.05, 3.63) is 52.2 Å². The van der Waals surface area contributed by atoms with Gasteiger partial charge in [-0.2, -0.15) is 0 Å². The Bertz CT molecular complexity index is 426. The summed E-state index contributed by atoms with van der Waals surface area (Å²) in [5, 5.41) is 1.62.